The molecule has 0 saturated heterocycles. The van der Waals surface area contributed by atoms with Crippen LogP contribution in [-0.4, -0.2) is 31.9 Å². The van der Waals surface area contributed by atoms with Crippen LogP contribution in [0.2, 0.25) is 0 Å². The van der Waals surface area contributed by atoms with Crippen molar-refractivity contribution in [2.45, 2.75) is 0 Å². The first-order valence-electron chi connectivity index (χ1n) is 1.87. The molecular weight excluding hydrogens is 206 g/mol. The van der Waals surface area contributed by atoms with E-state index in [-0.39, 0.29) is 29.6 Å². The van der Waals surface area contributed by atoms with Gasteiger partial charge in [-0.1, -0.05) is 0 Å². The summed E-state index contributed by atoms with van der Waals surface area (Å²) in [5.74, 6) is -3.65. The van der Waals surface area contributed by atoms with E-state index in [1.54, 1.807) is 0 Å². The molecule has 0 aliphatic heterocycles. The predicted octanol–water partition coefficient (Wildman–Crippen LogP) is -5.40. The van der Waals surface area contributed by atoms with E-state index in [4.69, 9.17) is 39.0 Å². The smallest absolute Gasteiger partial charge is 0.756 e. The fraction of sp³-hybridized carbons (Fsp3) is 0. The largest absolute Gasteiger partial charge is 1.00 e. The first-order valence-corrected chi connectivity index (χ1v) is 3.40. The third-order valence-electron chi connectivity index (χ3n) is 0.183. The molecule has 8 nitrogen and oxygen atoms in total. The van der Waals surface area contributed by atoms with E-state index in [9.17, 15) is 0 Å². The topological polar surface area (TPSA) is 155 Å². The Morgan fingerprint density at radius 2 is 1.17 bits per heavy atom. The number of carbonyl (C=O) groups is 2. The Hall–Kier alpha value is 0.0500. The van der Waals surface area contributed by atoms with Gasteiger partial charge in [-0.05, 0) is 0 Å². The molecule has 0 aliphatic rings. The number of carboxylic acid groups (broad SMARTS) is 2. The summed E-state index contributed by atoms with van der Waals surface area (Å²) in [4.78, 5) is 41.1. The summed E-state index contributed by atoms with van der Waals surface area (Å²) in [5.41, 5.74) is 0. The normalized spacial score (nSPS) is 8.58. The van der Waals surface area contributed by atoms with Gasteiger partial charge in [0.15, 0.2) is 0 Å². The predicted molar refractivity (Wildman–Crippen MR) is 27.3 cm³/mol. The summed E-state index contributed by atoms with van der Waals surface area (Å²) in [6.07, 6.45) is 0. The molecule has 0 heterocycles. The number of aliphatic carboxylic acids is 2. The van der Waals surface area contributed by atoms with Gasteiger partial charge in [-0.2, -0.15) is 0 Å². The molecule has 10 heteroatoms. The second-order valence-electron chi connectivity index (χ2n) is 1.10. The molecule has 0 saturated carbocycles. The quantitative estimate of drug-likeness (QED) is 0.175. The molecule has 0 amide bonds. The average Bonchev–Trinajstić information content (AvgIpc) is 1.59. The van der Waals surface area contributed by atoms with Crippen molar-refractivity contribution < 1.29 is 68.6 Å². The Morgan fingerprint density at radius 3 is 1.17 bits per heavy atom. The molecule has 12 heavy (non-hydrogen) atoms. The van der Waals surface area contributed by atoms with Gasteiger partial charge in [0.25, 0.3) is 7.82 Å². The molecule has 0 aromatic heterocycles. The zero-order valence-corrected chi connectivity index (χ0v) is 8.76. The van der Waals surface area contributed by atoms with E-state index in [0.717, 1.165) is 0 Å². The minimum absolute atomic E-state index is 0. The molecular formula is C2H4NaO8P. The zero-order valence-electron chi connectivity index (χ0n) is 5.87. The molecule has 0 aliphatic carbocycles. The van der Waals surface area contributed by atoms with Crippen molar-refractivity contribution in [3.05, 3.63) is 0 Å². The van der Waals surface area contributed by atoms with Gasteiger partial charge < -0.3 is 24.9 Å². The summed E-state index contributed by atoms with van der Waals surface area (Å²) in [5, 5.41) is 14.8. The Morgan fingerprint density at radius 1 is 1.08 bits per heavy atom. The summed E-state index contributed by atoms with van der Waals surface area (Å²) in [7, 11) is -4.89. The first kappa shape index (κ1) is 18.0. The third-order valence-corrected chi connectivity index (χ3v) is 0.183. The van der Waals surface area contributed by atoms with E-state index < -0.39 is 19.8 Å². The molecule has 0 rings (SSSR count). The van der Waals surface area contributed by atoms with Gasteiger partial charge in [0.05, 0.1) is 0 Å². The number of rotatable bonds is 0. The van der Waals surface area contributed by atoms with Crippen LogP contribution in [0.5, 0.6) is 0 Å². The molecule has 4 N–H and O–H groups in total. The maximum atomic E-state index is 9.10. The Labute approximate surface area is 88.4 Å². The van der Waals surface area contributed by atoms with Crippen LogP contribution in [0, 0.1) is 0 Å². The Kier molecular flexibility index (Phi) is 11.5. The minimum atomic E-state index is -4.89. The van der Waals surface area contributed by atoms with Crippen molar-refractivity contribution in [1.82, 2.24) is 0 Å². The van der Waals surface area contributed by atoms with Crippen molar-refractivity contribution in [3.8, 4) is 0 Å². The number of carboxylic acids is 2. The van der Waals surface area contributed by atoms with Gasteiger partial charge in [-0.15, -0.1) is 0 Å². The summed E-state index contributed by atoms with van der Waals surface area (Å²) < 4.78 is 8.77. The average molecular weight is 210 g/mol. The summed E-state index contributed by atoms with van der Waals surface area (Å²) in [6.45, 7) is 0. The van der Waals surface area contributed by atoms with E-state index >= 15 is 0 Å². The molecule has 66 valence electrons. The van der Waals surface area contributed by atoms with Crippen LogP contribution in [0.3, 0.4) is 0 Å². The number of phosphoric acid groups is 1. The van der Waals surface area contributed by atoms with Gasteiger partial charge >= 0.3 is 41.5 Å². The van der Waals surface area contributed by atoms with Crippen LogP contribution in [-0.2, 0) is 14.2 Å². The summed E-state index contributed by atoms with van der Waals surface area (Å²) in [6, 6.07) is 0. The molecule has 0 unspecified atom stereocenters. The van der Waals surface area contributed by atoms with Gasteiger partial charge in [0.1, 0.15) is 0 Å². The van der Waals surface area contributed by atoms with Crippen molar-refractivity contribution in [3.63, 3.8) is 0 Å². The monoisotopic (exact) mass is 210 g/mol. The van der Waals surface area contributed by atoms with Crippen LogP contribution in [0.1, 0.15) is 0 Å². The summed E-state index contributed by atoms with van der Waals surface area (Å²) >= 11 is 0. The van der Waals surface area contributed by atoms with Gasteiger partial charge in [-0.3, -0.25) is 4.57 Å². The van der Waals surface area contributed by atoms with Gasteiger partial charge in [0, 0.05) is 0 Å². The molecule has 0 radical (unpaired) electrons. The standard InChI is InChI=1S/C2H2O4.Na.H3O4P/c3-1(4)2(5)6;;1-5(2,3)4/h(H,3,4)(H,5,6);;(H3,1,2,3,4)/q;+1;/p-1. The van der Waals surface area contributed by atoms with Crippen molar-refractivity contribution in [1.29, 1.82) is 0 Å². The maximum absolute atomic E-state index is 9.10. The van der Waals surface area contributed by atoms with Crippen LogP contribution in [0.4, 0.5) is 0 Å². The molecule has 0 fully saturated rings. The van der Waals surface area contributed by atoms with E-state index in [1.807, 2.05) is 0 Å². The van der Waals surface area contributed by atoms with Crippen molar-refractivity contribution in [2.24, 2.45) is 0 Å². The van der Waals surface area contributed by atoms with Crippen LogP contribution < -0.4 is 34.5 Å². The molecule has 0 aromatic carbocycles. The van der Waals surface area contributed by atoms with E-state index in [1.165, 1.54) is 0 Å². The second-order valence-corrected chi connectivity index (χ2v) is 2.08. The SMILES string of the molecule is O=C(O)C(=O)O.O=P([O-])(O)O.[Na+]. The fourth-order valence-electron chi connectivity index (χ4n) is 0. The van der Waals surface area contributed by atoms with Crippen LogP contribution >= 0.6 is 7.82 Å². The van der Waals surface area contributed by atoms with E-state index in [0.29, 0.717) is 0 Å². The Bertz CT molecular complexity index is 173. The molecule has 0 atom stereocenters. The van der Waals surface area contributed by atoms with E-state index in [2.05, 4.69) is 0 Å². The minimum Gasteiger partial charge on any atom is -0.756 e. The van der Waals surface area contributed by atoms with Crippen LogP contribution in [0.25, 0.3) is 0 Å². The molecule has 0 bridgehead atoms. The molecule has 0 spiro atoms. The van der Waals surface area contributed by atoms with Crippen molar-refractivity contribution >= 4 is 19.8 Å². The first-order chi connectivity index (χ1) is 4.64. The number of hydrogen-bond acceptors (Lipinski definition) is 4. The van der Waals surface area contributed by atoms with Crippen LogP contribution in [0.15, 0.2) is 0 Å². The maximum Gasteiger partial charge on any atom is 1.00 e. The van der Waals surface area contributed by atoms with Gasteiger partial charge in [-0.25, -0.2) is 9.59 Å². The Balaban J connectivity index is -0.000000126. The second kappa shape index (κ2) is 7.69. The number of hydrogen-bond donors (Lipinski definition) is 4. The van der Waals surface area contributed by atoms with Crippen molar-refractivity contribution in [2.75, 3.05) is 0 Å². The van der Waals surface area contributed by atoms with Gasteiger partial charge in [0.2, 0.25) is 0 Å². The third kappa shape index (κ3) is 50.2. The fourth-order valence-corrected chi connectivity index (χ4v) is 0. The zero-order chi connectivity index (χ0) is 9.65. The molecule has 0 aromatic rings.